The number of nitrogens with zero attached hydrogens (tertiary/aromatic N) is 2. The molecule has 0 saturated heterocycles. The maximum absolute atomic E-state index is 12.8. The molecule has 2 aromatic carbocycles. The third kappa shape index (κ3) is 4.41. The lowest BCUT2D eigenvalue weighted by atomic mass is 9.62. The fourth-order valence-corrected chi connectivity index (χ4v) is 5.33. The summed E-state index contributed by atoms with van der Waals surface area (Å²) in [5.41, 5.74) is 3.78. The number of nitrogens with one attached hydrogen (secondary N) is 3. The third-order valence-corrected chi connectivity index (χ3v) is 7.50. The Kier molecular flexibility index (Phi) is 5.52. The Morgan fingerprint density at radius 2 is 1.71 bits per heavy atom. The first-order chi connectivity index (χ1) is 17.1. The Morgan fingerprint density at radius 1 is 0.886 bits per heavy atom. The van der Waals surface area contributed by atoms with Crippen molar-refractivity contribution in [2.75, 3.05) is 10.6 Å². The number of imidazole rings is 1. The molecule has 0 bridgehead atoms. The van der Waals surface area contributed by atoms with E-state index in [4.69, 9.17) is 0 Å². The van der Waals surface area contributed by atoms with Gasteiger partial charge in [-0.3, -0.25) is 9.59 Å². The van der Waals surface area contributed by atoms with Crippen LogP contribution in [0, 0.1) is 17.8 Å². The number of pyridine rings is 1. The average molecular weight is 466 g/mol. The predicted octanol–water partition coefficient (Wildman–Crippen LogP) is 5.64. The van der Waals surface area contributed by atoms with Gasteiger partial charge in [0.15, 0.2) is 0 Å². The van der Waals surface area contributed by atoms with E-state index in [0.717, 1.165) is 41.4 Å². The van der Waals surface area contributed by atoms with Crippen molar-refractivity contribution >= 4 is 34.4 Å². The van der Waals surface area contributed by atoms with E-state index < -0.39 is 0 Å². The zero-order valence-corrected chi connectivity index (χ0v) is 19.3. The summed E-state index contributed by atoms with van der Waals surface area (Å²) < 4.78 is 0. The van der Waals surface area contributed by atoms with Crippen molar-refractivity contribution in [2.45, 2.75) is 32.1 Å². The van der Waals surface area contributed by atoms with Gasteiger partial charge in [0, 0.05) is 28.9 Å². The van der Waals surface area contributed by atoms with E-state index in [2.05, 4.69) is 25.6 Å². The van der Waals surface area contributed by atoms with Crippen LogP contribution in [-0.4, -0.2) is 26.8 Å². The van der Waals surface area contributed by atoms with Crippen LogP contribution in [-0.2, 0) is 4.79 Å². The molecule has 2 fully saturated rings. The number of hydrogen-bond donors (Lipinski definition) is 3. The highest BCUT2D eigenvalue weighted by Crippen LogP contribution is 2.47. The molecule has 3 atom stereocenters. The molecule has 0 radical (unpaired) electrons. The predicted molar refractivity (Wildman–Crippen MR) is 136 cm³/mol. The van der Waals surface area contributed by atoms with Gasteiger partial charge >= 0.3 is 0 Å². The van der Waals surface area contributed by atoms with Crippen LogP contribution in [0.1, 0.15) is 42.5 Å². The molecule has 35 heavy (non-hydrogen) atoms. The maximum atomic E-state index is 12.8. The van der Waals surface area contributed by atoms with Gasteiger partial charge in [0.2, 0.25) is 5.91 Å². The minimum atomic E-state index is -0.235. The van der Waals surface area contributed by atoms with Gasteiger partial charge in [-0.05, 0) is 98.5 Å². The van der Waals surface area contributed by atoms with Gasteiger partial charge in [-0.1, -0.05) is 6.07 Å². The number of amides is 2. The van der Waals surface area contributed by atoms with E-state index in [1.165, 1.54) is 19.3 Å². The van der Waals surface area contributed by atoms with Crippen LogP contribution in [0.15, 0.2) is 66.9 Å². The van der Waals surface area contributed by atoms with E-state index in [1.807, 2.05) is 36.4 Å². The number of H-pyrrole nitrogens is 1. The molecule has 7 heteroatoms. The van der Waals surface area contributed by atoms with Gasteiger partial charge in [-0.2, -0.15) is 0 Å². The normalized spacial score (nSPS) is 21.1. The zero-order valence-electron chi connectivity index (χ0n) is 19.3. The molecule has 2 aliphatic carbocycles. The second-order valence-corrected chi connectivity index (χ2v) is 9.66. The Morgan fingerprint density at radius 3 is 2.46 bits per heavy atom. The van der Waals surface area contributed by atoms with Crippen molar-refractivity contribution in [3.8, 4) is 11.4 Å². The number of carbonyl (C=O) groups excluding carboxylic acids is 2. The van der Waals surface area contributed by atoms with Crippen LogP contribution >= 0.6 is 0 Å². The van der Waals surface area contributed by atoms with Crippen molar-refractivity contribution in [1.82, 2.24) is 15.0 Å². The summed E-state index contributed by atoms with van der Waals surface area (Å²) in [5.74, 6) is 2.89. The van der Waals surface area contributed by atoms with Crippen molar-refractivity contribution in [1.29, 1.82) is 0 Å². The molecule has 0 spiro atoms. The van der Waals surface area contributed by atoms with E-state index in [-0.39, 0.29) is 17.7 Å². The summed E-state index contributed by atoms with van der Waals surface area (Å²) in [7, 11) is 0. The number of aromatic amines is 1. The van der Waals surface area contributed by atoms with Crippen LogP contribution in [0.5, 0.6) is 0 Å². The van der Waals surface area contributed by atoms with Gasteiger partial charge in [-0.15, -0.1) is 0 Å². The van der Waals surface area contributed by atoms with Gasteiger partial charge < -0.3 is 15.6 Å². The van der Waals surface area contributed by atoms with E-state index in [1.54, 1.807) is 30.5 Å². The fourth-order valence-electron chi connectivity index (χ4n) is 5.33. The molecular formula is C28H27N5O2. The largest absolute Gasteiger partial charge is 0.338 e. The van der Waals surface area contributed by atoms with Gasteiger partial charge in [0.05, 0.1) is 11.0 Å². The number of carbonyl (C=O) groups is 2. The molecule has 2 aromatic heterocycles. The van der Waals surface area contributed by atoms with E-state index in [9.17, 15) is 9.59 Å². The second-order valence-electron chi connectivity index (χ2n) is 9.66. The van der Waals surface area contributed by atoms with Gasteiger partial charge in [0.1, 0.15) is 11.6 Å². The number of hydrogen-bond acceptors (Lipinski definition) is 4. The molecule has 0 aliphatic heterocycles. The lowest BCUT2D eigenvalue weighted by molar-refractivity contribution is -0.122. The third-order valence-electron chi connectivity index (χ3n) is 7.50. The van der Waals surface area contributed by atoms with Crippen molar-refractivity contribution in [3.63, 3.8) is 0 Å². The molecule has 6 rings (SSSR count). The molecule has 4 aromatic rings. The number of aromatic nitrogens is 3. The Balaban J connectivity index is 1.13. The van der Waals surface area contributed by atoms with Crippen molar-refractivity contribution in [2.24, 2.45) is 17.8 Å². The summed E-state index contributed by atoms with van der Waals surface area (Å²) in [4.78, 5) is 37.5. The summed E-state index contributed by atoms with van der Waals surface area (Å²) in [5, 5.41) is 5.89. The monoisotopic (exact) mass is 465 g/mol. The topological polar surface area (TPSA) is 99.8 Å². The van der Waals surface area contributed by atoms with Crippen LogP contribution < -0.4 is 10.6 Å². The summed E-state index contributed by atoms with van der Waals surface area (Å²) >= 11 is 0. The molecule has 7 nitrogen and oxygen atoms in total. The molecular weight excluding hydrogens is 438 g/mol. The van der Waals surface area contributed by atoms with Crippen LogP contribution in [0.25, 0.3) is 22.4 Å². The molecule has 2 saturated carbocycles. The first-order valence-electron chi connectivity index (χ1n) is 12.3. The maximum Gasteiger partial charge on any atom is 0.256 e. The van der Waals surface area contributed by atoms with Crippen molar-refractivity contribution < 1.29 is 9.59 Å². The highest BCUT2D eigenvalue weighted by molar-refractivity contribution is 6.05. The lowest BCUT2D eigenvalue weighted by Gasteiger charge is -2.43. The summed E-state index contributed by atoms with van der Waals surface area (Å²) in [6, 6.07) is 18.5. The SMILES string of the molecule is O=C(Nc1ccccn1)c1ccc2[nH]c(-c3ccc(NC(=O)C4CCC5CCC5C4)cc3)nc2c1. The summed E-state index contributed by atoms with van der Waals surface area (Å²) in [6.07, 6.45) is 7.51. The Labute approximate surface area is 203 Å². The molecule has 176 valence electrons. The second kappa shape index (κ2) is 8.98. The minimum Gasteiger partial charge on any atom is -0.338 e. The summed E-state index contributed by atoms with van der Waals surface area (Å²) in [6.45, 7) is 0. The van der Waals surface area contributed by atoms with Crippen LogP contribution in [0.3, 0.4) is 0 Å². The molecule has 3 unspecified atom stereocenters. The highest BCUT2D eigenvalue weighted by Gasteiger charge is 2.38. The average Bonchev–Trinajstić information content (AvgIpc) is 3.29. The molecule has 3 N–H and O–H groups in total. The molecule has 2 amide bonds. The quantitative estimate of drug-likeness (QED) is 0.355. The van der Waals surface area contributed by atoms with Crippen LogP contribution in [0.2, 0.25) is 0 Å². The zero-order chi connectivity index (χ0) is 23.8. The Bertz CT molecular complexity index is 1380. The molecule has 2 aliphatic rings. The smallest absolute Gasteiger partial charge is 0.256 e. The first kappa shape index (κ1) is 21.5. The lowest BCUT2D eigenvalue weighted by Crippen LogP contribution is -2.37. The number of fused-ring (bicyclic) bond motifs is 2. The van der Waals surface area contributed by atoms with Gasteiger partial charge in [0.25, 0.3) is 5.91 Å². The number of benzene rings is 2. The molecule has 2 heterocycles. The standard InChI is InChI=1S/C28H27N5O2/c34-27(20-7-5-17-4-6-19(17)15-20)30-22-11-8-18(9-12-22)26-31-23-13-10-21(16-24(23)32-26)28(35)33-25-3-1-2-14-29-25/h1-3,8-14,16-17,19-20H,4-7,15H2,(H,30,34)(H,31,32)(H,29,33,35). The van der Waals surface area contributed by atoms with E-state index >= 15 is 0 Å². The Hall–Kier alpha value is -4.00. The van der Waals surface area contributed by atoms with Crippen molar-refractivity contribution in [3.05, 3.63) is 72.4 Å². The number of anilines is 2. The number of rotatable bonds is 5. The van der Waals surface area contributed by atoms with E-state index in [0.29, 0.717) is 22.7 Å². The highest BCUT2D eigenvalue weighted by atomic mass is 16.2. The van der Waals surface area contributed by atoms with Crippen LogP contribution in [0.4, 0.5) is 11.5 Å². The fraction of sp³-hybridized carbons (Fsp3) is 0.286. The van der Waals surface area contributed by atoms with Gasteiger partial charge in [-0.25, -0.2) is 9.97 Å². The minimum absolute atomic E-state index is 0.135. The first-order valence-corrected chi connectivity index (χ1v) is 12.3.